The summed E-state index contributed by atoms with van der Waals surface area (Å²) >= 11 is 7.94. The molecule has 3 rings (SSSR count). The number of piperidine rings is 1. The van der Waals surface area contributed by atoms with E-state index < -0.39 is 0 Å². The van der Waals surface area contributed by atoms with Gasteiger partial charge in [-0.25, -0.2) is 9.97 Å². The molecule has 1 aliphatic rings. The van der Waals surface area contributed by atoms with Crippen molar-refractivity contribution in [3.05, 3.63) is 46.7 Å². The first-order valence-electron chi connectivity index (χ1n) is 8.09. The molecule has 0 aliphatic carbocycles. The Morgan fingerprint density at radius 1 is 1.17 bits per heavy atom. The second-order valence-corrected chi connectivity index (χ2v) is 7.51. The van der Waals surface area contributed by atoms with Crippen molar-refractivity contribution in [1.29, 1.82) is 0 Å². The smallest absolute Gasteiger partial charge is 0.159 e. The zero-order valence-corrected chi connectivity index (χ0v) is 15.0. The molecule has 23 heavy (non-hydrogen) atoms. The van der Waals surface area contributed by atoms with Gasteiger partial charge < -0.3 is 5.32 Å². The Morgan fingerprint density at radius 2 is 1.91 bits per heavy atom. The summed E-state index contributed by atoms with van der Waals surface area (Å²) in [6.45, 7) is 4.36. The first kappa shape index (κ1) is 16.7. The highest BCUT2D eigenvalue weighted by molar-refractivity contribution is 7.98. The van der Waals surface area contributed by atoms with Crippen molar-refractivity contribution in [2.45, 2.75) is 25.5 Å². The van der Waals surface area contributed by atoms with Crippen LogP contribution < -0.4 is 5.32 Å². The van der Waals surface area contributed by atoms with Crippen LogP contribution in [0.3, 0.4) is 0 Å². The number of rotatable bonds is 5. The summed E-state index contributed by atoms with van der Waals surface area (Å²) in [5, 5.41) is 4.16. The number of thioether (sulfide) groups is 1. The van der Waals surface area contributed by atoms with Crippen molar-refractivity contribution < 1.29 is 0 Å². The van der Waals surface area contributed by atoms with Crippen LogP contribution in [0.1, 0.15) is 24.2 Å². The lowest BCUT2D eigenvalue weighted by Gasteiger charge is -2.22. The predicted octanol–water partition coefficient (Wildman–Crippen LogP) is 4.34. The van der Waals surface area contributed by atoms with E-state index in [-0.39, 0.29) is 0 Å². The Balaban J connectivity index is 1.64. The highest BCUT2D eigenvalue weighted by atomic mass is 35.5. The van der Waals surface area contributed by atoms with E-state index in [1.807, 2.05) is 43.0 Å². The third-order valence-electron chi connectivity index (χ3n) is 4.07. The fourth-order valence-electron chi connectivity index (χ4n) is 2.81. The summed E-state index contributed by atoms with van der Waals surface area (Å²) in [5.74, 6) is 3.81. The second kappa shape index (κ2) is 8.13. The molecule has 0 unspecified atom stereocenters. The van der Waals surface area contributed by atoms with Crippen molar-refractivity contribution in [3.8, 4) is 11.4 Å². The summed E-state index contributed by atoms with van der Waals surface area (Å²) in [5.41, 5.74) is 3.14. The molecule has 0 bridgehead atoms. The first-order chi connectivity index (χ1) is 11.2. The number of aryl methyl sites for hydroxylation is 1. The Labute approximate surface area is 147 Å². The third-order valence-corrected chi connectivity index (χ3v) is 5.53. The molecule has 0 radical (unpaired) electrons. The van der Waals surface area contributed by atoms with Gasteiger partial charge in [-0.05, 0) is 74.9 Å². The van der Waals surface area contributed by atoms with E-state index >= 15 is 0 Å². The van der Waals surface area contributed by atoms with Crippen molar-refractivity contribution in [1.82, 2.24) is 15.3 Å². The van der Waals surface area contributed by atoms with Gasteiger partial charge in [0.15, 0.2) is 5.82 Å². The average molecular weight is 348 g/mol. The number of hydrogen-bond donors (Lipinski definition) is 1. The van der Waals surface area contributed by atoms with Crippen molar-refractivity contribution >= 4 is 23.4 Å². The molecule has 2 heterocycles. The lowest BCUT2D eigenvalue weighted by molar-refractivity contribution is 0.408. The highest BCUT2D eigenvalue weighted by Crippen LogP contribution is 2.23. The summed E-state index contributed by atoms with van der Waals surface area (Å²) in [4.78, 5) is 9.29. The molecule has 0 spiro atoms. The van der Waals surface area contributed by atoms with E-state index in [1.165, 1.54) is 31.7 Å². The van der Waals surface area contributed by atoms with Gasteiger partial charge in [0.25, 0.3) is 0 Å². The van der Waals surface area contributed by atoms with Crippen LogP contribution in [0.15, 0.2) is 30.3 Å². The monoisotopic (exact) mass is 347 g/mol. The lowest BCUT2D eigenvalue weighted by atomic mass is 10.0. The maximum absolute atomic E-state index is 5.96. The topological polar surface area (TPSA) is 37.8 Å². The van der Waals surface area contributed by atoms with E-state index in [9.17, 15) is 0 Å². The molecule has 122 valence electrons. The molecule has 2 aromatic rings. The minimum Gasteiger partial charge on any atom is -0.317 e. The van der Waals surface area contributed by atoms with Gasteiger partial charge in [0, 0.05) is 22.0 Å². The van der Waals surface area contributed by atoms with Gasteiger partial charge >= 0.3 is 0 Å². The van der Waals surface area contributed by atoms with E-state index in [2.05, 4.69) is 16.4 Å². The number of aromatic nitrogens is 2. The largest absolute Gasteiger partial charge is 0.317 e. The average Bonchev–Trinajstić information content (AvgIpc) is 2.56. The predicted molar refractivity (Wildman–Crippen MR) is 99.0 cm³/mol. The zero-order valence-electron chi connectivity index (χ0n) is 13.4. The van der Waals surface area contributed by atoms with Crippen molar-refractivity contribution in [3.63, 3.8) is 0 Å². The maximum Gasteiger partial charge on any atom is 0.159 e. The second-order valence-electron chi connectivity index (χ2n) is 6.04. The van der Waals surface area contributed by atoms with Gasteiger partial charge in [-0.1, -0.05) is 11.6 Å². The number of nitrogens with one attached hydrogen (secondary N) is 1. The van der Waals surface area contributed by atoms with Crippen LogP contribution in [0.5, 0.6) is 0 Å². The minimum absolute atomic E-state index is 0.735. The van der Waals surface area contributed by atoms with Crippen LogP contribution in [0.2, 0.25) is 5.02 Å². The summed E-state index contributed by atoms with van der Waals surface area (Å²) in [7, 11) is 0. The Kier molecular flexibility index (Phi) is 5.92. The summed E-state index contributed by atoms with van der Waals surface area (Å²) in [6, 6.07) is 9.81. The quantitative estimate of drug-likeness (QED) is 0.873. The van der Waals surface area contributed by atoms with E-state index in [4.69, 9.17) is 16.6 Å². The standard InChI is InChI=1S/C18H22ClN3S/c1-13-10-17(12-23-11-14-6-8-20-9-7-14)22-18(21-13)15-2-4-16(19)5-3-15/h2-5,10,14,20H,6-9,11-12H2,1H3. The van der Waals surface area contributed by atoms with Crippen LogP contribution in [0, 0.1) is 12.8 Å². The Morgan fingerprint density at radius 3 is 2.65 bits per heavy atom. The molecule has 0 saturated carbocycles. The highest BCUT2D eigenvalue weighted by Gasteiger charge is 2.13. The molecule has 0 atom stereocenters. The zero-order chi connectivity index (χ0) is 16.1. The normalized spacial score (nSPS) is 15.7. The van der Waals surface area contributed by atoms with Crippen LogP contribution in [0.4, 0.5) is 0 Å². The number of halogens is 1. The van der Waals surface area contributed by atoms with E-state index in [1.54, 1.807) is 0 Å². The summed E-state index contributed by atoms with van der Waals surface area (Å²) < 4.78 is 0. The molecular formula is C18H22ClN3S. The number of nitrogens with zero attached hydrogens (tertiary/aromatic N) is 2. The van der Waals surface area contributed by atoms with Gasteiger partial charge in [0.2, 0.25) is 0 Å². The molecule has 1 aromatic carbocycles. The van der Waals surface area contributed by atoms with Crippen molar-refractivity contribution in [2.75, 3.05) is 18.8 Å². The molecule has 1 aromatic heterocycles. The first-order valence-corrected chi connectivity index (χ1v) is 9.63. The fourth-order valence-corrected chi connectivity index (χ4v) is 4.08. The third kappa shape index (κ3) is 4.93. The Bertz CT molecular complexity index is 639. The maximum atomic E-state index is 5.96. The summed E-state index contributed by atoms with van der Waals surface area (Å²) in [6.07, 6.45) is 2.59. The lowest BCUT2D eigenvalue weighted by Crippen LogP contribution is -2.28. The SMILES string of the molecule is Cc1cc(CSCC2CCNCC2)nc(-c2ccc(Cl)cc2)n1. The number of benzene rings is 1. The van der Waals surface area contributed by atoms with Gasteiger partial charge in [-0.2, -0.15) is 11.8 Å². The molecule has 1 N–H and O–H groups in total. The minimum atomic E-state index is 0.735. The molecule has 1 fully saturated rings. The molecule has 3 nitrogen and oxygen atoms in total. The fraction of sp³-hybridized carbons (Fsp3) is 0.444. The van der Waals surface area contributed by atoms with Crippen molar-refractivity contribution in [2.24, 2.45) is 5.92 Å². The van der Waals surface area contributed by atoms with Crippen LogP contribution in [0.25, 0.3) is 11.4 Å². The Hall–Kier alpha value is -1.10. The van der Waals surface area contributed by atoms with E-state index in [0.717, 1.165) is 39.5 Å². The molecule has 5 heteroatoms. The molecule has 1 saturated heterocycles. The van der Waals surface area contributed by atoms with Gasteiger partial charge in [-0.15, -0.1) is 0 Å². The van der Waals surface area contributed by atoms with E-state index in [0.29, 0.717) is 0 Å². The van der Waals surface area contributed by atoms with Crippen LogP contribution in [-0.4, -0.2) is 28.8 Å². The van der Waals surface area contributed by atoms with Gasteiger partial charge in [-0.3, -0.25) is 0 Å². The molecule has 1 aliphatic heterocycles. The van der Waals surface area contributed by atoms with Gasteiger partial charge in [0.1, 0.15) is 0 Å². The van der Waals surface area contributed by atoms with Crippen LogP contribution >= 0.6 is 23.4 Å². The molecule has 0 amide bonds. The van der Waals surface area contributed by atoms with Crippen LogP contribution in [-0.2, 0) is 5.75 Å². The number of hydrogen-bond acceptors (Lipinski definition) is 4. The molecular weight excluding hydrogens is 326 g/mol. The van der Waals surface area contributed by atoms with Gasteiger partial charge in [0.05, 0.1) is 5.69 Å².